The summed E-state index contributed by atoms with van der Waals surface area (Å²) in [6.45, 7) is 0.0971. The monoisotopic (exact) mass is 367 g/mol. The third-order valence-corrected chi connectivity index (χ3v) is 4.96. The van der Waals surface area contributed by atoms with Crippen LogP contribution < -0.4 is 5.32 Å². The lowest BCUT2D eigenvalue weighted by molar-refractivity contribution is -0.141. The maximum atomic E-state index is 12.1. The van der Waals surface area contributed by atoms with E-state index in [0.717, 1.165) is 35.1 Å². The molecule has 0 aromatic heterocycles. The number of alkyl carbamates (subject to hydrolysis) is 1. The largest absolute Gasteiger partial charge is 0.480 e. The van der Waals surface area contributed by atoms with Gasteiger partial charge in [0.15, 0.2) is 6.04 Å². The quantitative estimate of drug-likeness (QED) is 0.785. The maximum absolute atomic E-state index is 12.1. The third-order valence-electron chi connectivity index (χ3n) is 4.96. The topological polar surface area (TPSA) is 84.9 Å². The van der Waals surface area contributed by atoms with Gasteiger partial charge in [0, 0.05) is 5.92 Å². The molecule has 2 aromatic carbocycles. The molecule has 140 valence electrons. The van der Waals surface area contributed by atoms with Crippen LogP contribution in [0.25, 0.3) is 11.1 Å². The minimum atomic E-state index is -1.14. The summed E-state index contributed by atoms with van der Waals surface area (Å²) < 4.78 is 10.8. The van der Waals surface area contributed by atoms with Crippen LogP contribution in [0.4, 0.5) is 4.79 Å². The summed E-state index contributed by atoms with van der Waals surface area (Å²) in [4.78, 5) is 23.5. The summed E-state index contributed by atoms with van der Waals surface area (Å²) in [6, 6.07) is 15.0. The molecule has 0 heterocycles. The van der Waals surface area contributed by atoms with Crippen molar-refractivity contribution in [1.82, 2.24) is 5.32 Å². The number of carbonyl (C=O) groups excluding carboxylic acids is 1. The molecule has 27 heavy (non-hydrogen) atoms. The number of hydrogen-bond donors (Lipinski definition) is 2. The summed E-state index contributed by atoms with van der Waals surface area (Å²) in [7, 11) is 0. The Kier molecular flexibility index (Phi) is 4.81. The number of carboxylic acids is 1. The molecule has 4 rings (SSSR count). The van der Waals surface area contributed by atoms with Crippen molar-refractivity contribution in [3.8, 4) is 11.1 Å². The van der Waals surface area contributed by atoms with Crippen molar-refractivity contribution < 1.29 is 24.2 Å². The minimum absolute atomic E-state index is 0.0514. The highest BCUT2D eigenvalue weighted by Gasteiger charge is 2.30. The van der Waals surface area contributed by atoms with Gasteiger partial charge in [0.1, 0.15) is 6.61 Å². The van der Waals surface area contributed by atoms with Crippen molar-refractivity contribution in [3.63, 3.8) is 0 Å². The van der Waals surface area contributed by atoms with Gasteiger partial charge >= 0.3 is 12.1 Å². The second-order valence-corrected chi connectivity index (χ2v) is 6.89. The lowest BCUT2D eigenvalue weighted by Crippen LogP contribution is -2.44. The molecule has 0 radical (unpaired) electrons. The van der Waals surface area contributed by atoms with E-state index in [-0.39, 0.29) is 25.2 Å². The third kappa shape index (κ3) is 3.80. The fourth-order valence-electron chi connectivity index (χ4n) is 3.42. The van der Waals surface area contributed by atoms with Gasteiger partial charge in [0.25, 0.3) is 0 Å². The van der Waals surface area contributed by atoms with Crippen LogP contribution in [0.15, 0.2) is 48.5 Å². The summed E-state index contributed by atoms with van der Waals surface area (Å²) in [5.74, 6) is -1.20. The number of benzene rings is 2. The molecule has 1 amide bonds. The highest BCUT2D eigenvalue weighted by molar-refractivity contribution is 5.81. The molecule has 0 saturated heterocycles. The number of ether oxygens (including phenoxy) is 2. The smallest absolute Gasteiger partial charge is 0.407 e. The second kappa shape index (κ2) is 7.40. The number of fused-ring (bicyclic) bond motifs is 3. The van der Waals surface area contributed by atoms with Gasteiger partial charge in [-0.2, -0.15) is 0 Å². The molecule has 0 aliphatic heterocycles. The van der Waals surface area contributed by atoms with Crippen LogP contribution >= 0.6 is 0 Å². The van der Waals surface area contributed by atoms with Gasteiger partial charge in [-0.1, -0.05) is 48.5 Å². The molecule has 2 N–H and O–H groups in total. The Balaban J connectivity index is 1.40. The van der Waals surface area contributed by atoms with E-state index in [9.17, 15) is 14.7 Å². The number of aliphatic carboxylic acids is 1. The highest BCUT2D eigenvalue weighted by Crippen LogP contribution is 2.44. The van der Waals surface area contributed by atoms with Crippen LogP contribution in [0.1, 0.15) is 29.9 Å². The first-order valence-electron chi connectivity index (χ1n) is 9.09. The fourth-order valence-corrected chi connectivity index (χ4v) is 3.42. The SMILES string of the molecule is O=C(NC(COC1CC1)C(=O)O)OCC1c2ccccc2-c2ccccc21. The van der Waals surface area contributed by atoms with E-state index in [1.54, 1.807) is 0 Å². The average molecular weight is 367 g/mol. The molecular formula is C21H21NO5. The number of nitrogens with one attached hydrogen (secondary N) is 1. The molecule has 2 aliphatic carbocycles. The van der Waals surface area contributed by atoms with E-state index in [1.807, 2.05) is 36.4 Å². The summed E-state index contributed by atoms with van der Waals surface area (Å²) in [6.07, 6.45) is 1.26. The summed E-state index contributed by atoms with van der Waals surface area (Å²) in [5, 5.41) is 11.6. The Morgan fingerprint density at radius 1 is 1.04 bits per heavy atom. The van der Waals surface area contributed by atoms with Gasteiger partial charge in [0.05, 0.1) is 12.7 Å². The fraction of sp³-hybridized carbons (Fsp3) is 0.333. The predicted octanol–water partition coefficient (Wildman–Crippen LogP) is 3.16. The van der Waals surface area contributed by atoms with Crippen LogP contribution in [-0.4, -0.2) is 42.5 Å². The standard InChI is InChI=1S/C21H21NO5/c23-20(24)19(12-26-13-9-10-13)22-21(25)27-11-18-16-7-3-1-5-14(16)15-6-2-4-8-17(15)18/h1-8,13,18-19H,9-12H2,(H,22,25)(H,23,24). The average Bonchev–Trinajstić information content (AvgIpc) is 3.45. The zero-order valence-electron chi connectivity index (χ0n) is 14.8. The Morgan fingerprint density at radius 2 is 1.63 bits per heavy atom. The second-order valence-electron chi connectivity index (χ2n) is 6.89. The Bertz CT molecular complexity index is 816. The van der Waals surface area contributed by atoms with Gasteiger partial charge in [0.2, 0.25) is 0 Å². The lowest BCUT2D eigenvalue weighted by atomic mass is 9.98. The van der Waals surface area contributed by atoms with Gasteiger partial charge in [-0.25, -0.2) is 9.59 Å². The van der Waals surface area contributed by atoms with Crippen molar-refractivity contribution in [1.29, 1.82) is 0 Å². The zero-order chi connectivity index (χ0) is 18.8. The Labute approximate surface area is 157 Å². The first-order chi connectivity index (χ1) is 13.1. The van der Waals surface area contributed by atoms with Crippen LogP contribution in [-0.2, 0) is 14.3 Å². The van der Waals surface area contributed by atoms with Crippen LogP contribution in [0, 0.1) is 0 Å². The van der Waals surface area contributed by atoms with E-state index in [1.165, 1.54) is 0 Å². The van der Waals surface area contributed by atoms with Gasteiger partial charge < -0.3 is 19.9 Å². The molecule has 1 unspecified atom stereocenters. The summed E-state index contributed by atoms with van der Waals surface area (Å²) >= 11 is 0. The predicted molar refractivity (Wildman–Crippen MR) is 98.6 cm³/mol. The molecular weight excluding hydrogens is 346 g/mol. The molecule has 6 nitrogen and oxygen atoms in total. The first kappa shape index (κ1) is 17.5. The van der Waals surface area contributed by atoms with Crippen LogP contribution in [0.3, 0.4) is 0 Å². The van der Waals surface area contributed by atoms with Crippen molar-refractivity contribution in [2.24, 2.45) is 0 Å². The minimum Gasteiger partial charge on any atom is -0.480 e. The lowest BCUT2D eigenvalue weighted by Gasteiger charge is -2.17. The van der Waals surface area contributed by atoms with Crippen molar-refractivity contribution in [2.75, 3.05) is 13.2 Å². The highest BCUT2D eigenvalue weighted by atomic mass is 16.6. The van der Waals surface area contributed by atoms with Crippen LogP contribution in [0.5, 0.6) is 0 Å². The number of hydrogen-bond acceptors (Lipinski definition) is 4. The van der Waals surface area contributed by atoms with Crippen LogP contribution in [0.2, 0.25) is 0 Å². The van der Waals surface area contributed by atoms with E-state index < -0.39 is 18.1 Å². The van der Waals surface area contributed by atoms with E-state index in [4.69, 9.17) is 9.47 Å². The molecule has 1 saturated carbocycles. The Hall–Kier alpha value is -2.86. The normalized spacial score (nSPS) is 16.3. The Morgan fingerprint density at radius 3 is 2.19 bits per heavy atom. The van der Waals surface area contributed by atoms with Crippen molar-refractivity contribution >= 4 is 12.1 Å². The number of rotatable bonds is 7. The molecule has 2 aromatic rings. The molecule has 1 fully saturated rings. The number of carbonyl (C=O) groups is 2. The van der Waals surface area contributed by atoms with E-state index >= 15 is 0 Å². The number of amides is 1. The number of carboxylic acid groups (broad SMARTS) is 1. The molecule has 2 aliphatic rings. The van der Waals surface area contributed by atoms with Gasteiger partial charge in [-0.3, -0.25) is 0 Å². The first-order valence-corrected chi connectivity index (χ1v) is 9.09. The van der Waals surface area contributed by atoms with Gasteiger partial charge in [-0.15, -0.1) is 0 Å². The van der Waals surface area contributed by atoms with Crippen molar-refractivity contribution in [3.05, 3.63) is 59.7 Å². The molecule has 0 spiro atoms. The van der Waals surface area contributed by atoms with E-state index in [2.05, 4.69) is 17.4 Å². The van der Waals surface area contributed by atoms with E-state index in [0.29, 0.717) is 0 Å². The molecule has 0 bridgehead atoms. The molecule has 6 heteroatoms. The van der Waals surface area contributed by atoms with Gasteiger partial charge in [-0.05, 0) is 35.1 Å². The zero-order valence-corrected chi connectivity index (χ0v) is 14.8. The summed E-state index contributed by atoms with van der Waals surface area (Å²) in [5.41, 5.74) is 4.50. The maximum Gasteiger partial charge on any atom is 0.407 e. The molecule has 1 atom stereocenters. The van der Waals surface area contributed by atoms with Crippen molar-refractivity contribution in [2.45, 2.75) is 30.9 Å².